The molecule has 1 aliphatic rings. The summed E-state index contributed by atoms with van der Waals surface area (Å²) < 4.78 is 5.10. The summed E-state index contributed by atoms with van der Waals surface area (Å²) >= 11 is 0. The molecular formula is C6H14N2O. The molecule has 0 aliphatic carbocycles. The van der Waals surface area contributed by atoms with Gasteiger partial charge in [0.05, 0.1) is 6.10 Å². The summed E-state index contributed by atoms with van der Waals surface area (Å²) in [4.78, 5) is 0. The summed E-state index contributed by atoms with van der Waals surface area (Å²) in [6.45, 7) is 2.09. The zero-order valence-corrected chi connectivity index (χ0v) is 6.29. The summed E-state index contributed by atoms with van der Waals surface area (Å²) in [7, 11) is 5.86. The summed E-state index contributed by atoms with van der Waals surface area (Å²) in [6, 6.07) is 0. The highest BCUT2D eigenvalue weighted by atomic mass is 16.5. The average Bonchev–Trinajstić information content (AvgIpc) is 1.61. The highest BCUT2D eigenvalue weighted by Crippen LogP contribution is 2.10. The summed E-state index contributed by atoms with van der Waals surface area (Å²) in [5.74, 6) is 0. The molecule has 1 saturated heterocycles. The zero-order valence-electron chi connectivity index (χ0n) is 6.29. The van der Waals surface area contributed by atoms with Crippen molar-refractivity contribution in [2.45, 2.75) is 6.10 Å². The molecule has 3 heteroatoms. The molecule has 9 heavy (non-hydrogen) atoms. The molecule has 0 aromatic rings. The van der Waals surface area contributed by atoms with Gasteiger partial charge in [0.1, 0.15) is 0 Å². The first-order chi connectivity index (χ1) is 4.24. The summed E-state index contributed by atoms with van der Waals surface area (Å²) in [5.41, 5.74) is 0. The maximum Gasteiger partial charge on any atom is 0.0853 e. The van der Waals surface area contributed by atoms with Gasteiger partial charge in [-0.2, -0.15) is 0 Å². The molecule has 0 spiro atoms. The Morgan fingerprint density at radius 3 is 2.33 bits per heavy atom. The van der Waals surface area contributed by atoms with Crippen molar-refractivity contribution in [1.29, 1.82) is 0 Å². The maximum atomic E-state index is 5.10. The van der Waals surface area contributed by atoms with Crippen molar-refractivity contribution < 1.29 is 4.74 Å². The second-order valence-corrected chi connectivity index (χ2v) is 2.58. The molecule has 0 radical (unpaired) electrons. The maximum absolute atomic E-state index is 5.10. The van der Waals surface area contributed by atoms with E-state index in [9.17, 15) is 0 Å². The molecule has 0 N–H and O–H groups in total. The molecular weight excluding hydrogens is 116 g/mol. The van der Waals surface area contributed by atoms with Crippen LogP contribution in [0, 0.1) is 0 Å². The van der Waals surface area contributed by atoms with E-state index < -0.39 is 0 Å². The Hall–Kier alpha value is -0.120. The third-order valence-corrected chi connectivity index (χ3v) is 1.73. The highest BCUT2D eigenvalue weighted by Gasteiger charge is 2.27. The van der Waals surface area contributed by atoms with Crippen molar-refractivity contribution in [2.24, 2.45) is 0 Å². The van der Waals surface area contributed by atoms with Gasteiger partial charge in [-0.05, 0) is 0 Å². The van der Waals surface area contributed by atoms with Crippen molar-refractivity contribution in [2.75, 3.05) is 34.3 Å². The van der Waals surface area contributed by atoms with Crippen LogP contribution >= 0.6 is 0 Å². The van der Waals surface area contributed by atoms with Crippen molar-refractivity contribution in [3.8, 4) is 0 Å². The minimum atomic E-state index is 0.465. The molecule has 3 nitrogen and oxygen atoms in total. The lowest BCUT2D eigenvalue weighted by Gasteiger charge is -2.41. The number of rotatable bonds is 2. The minimum Gasteiger partial charge on any atom is -0.379 e. The highest BCUT2D eigenvalue weighted by molar-refractivity contribution is 4.76. The molecule has 0 aromatic carbocycles. The molecule has 0 saturated carbocycles. The van der Waals surface area contributed by atoms with E-state index in [4.69, 9.17) is 4.74 Å². The Balaban J connectivity index is 2.12. The van der Waals surface area contributed by atoms with Crippen molar-refractivity contribution in [1.82, 2.24) is 10.0 Å². The Morgan fingerprint density at radius 2 is 2.00 bits per heavy atom. The number of ether oxygens (including phenoxy) is 1. The lowest BCUT2D eigenvalue weighted by Crippen LogP contribution is -2.57. The number of hydrazine groups is 1. The van der Waals surface area contributed by atoms with Gasteiger partial charge in [0.2, 0.25) is 0 Å². The average molecular weight is 130 g/mol. The van der Waals surface area contributed by atoms with Crippen molar-refractivity contribution in [3.05, 3.63) is 0 Å². The van der Waals surface area contributed by atoms with E-state index in [-0.39, 0.29) is 0 Å². The van der Waals surface area contributed by atoms with Crippen LogP contribution in [0.5, 0.6) is 0 Å². The smallest absolute Gasteiger partial charge is 0.0853 e. The molecule has 0 aromatic heterocycles. The van der Waals surface area contributed by atoms with Gasteiger partial charge < -0.3 is 4.74 Å². The van der Waals surface area contributed by atoms with Crippen LogP contribution in [0.1, 0.15) is 0 Å². The topological polar surface area (TPSA) is 15.7 Å². The van der Waals surface area contributed by atoms with E-state index in [1.54, 1.807) is 7.11 Å². The molecule has 1 rings (SSSR count). The normalized spacial score (nSPS) is 22.7. The van der Waals surface area contributed by atoms with E-state index in [0.717, 1.165) is 13.1 Å². The predicted molar refractivity (Wildman–Crippen MR) is 36.1 cm³/mol. The van der Waals surface area contributed by atoms with Gasteiger partial charge in [-0.15, -0.1) is 0 Å². The first-order valence-corrected chi connectivity index (χ1v) is 3.19. The largest absolute Gasteiger partial charge is 0.379 e. The van der Waals surface area contributed by atoms with Crippen LogP contribution in [-0.2, 0) is 4.74 Å². The minimum absolute atomic E-state index is 0.465. The Morgan fingerprint density at radius 1 is 1.44 bits per heavy atom. The van der Waals surface area contributed by atoms with E-state index in [1.165, 1.54) is 0 Å². The monoisotopic (exact) mass is 130 g/mol. The summed E-state index contributed by atoms with van der Waals surface area (Å²) in [6.07, 6.45) is 0.465. The third kappa shape index (κ3) is 1.41. The standard InChI is InChI=1S/C6H14N2O/c1-7(2)8-4-6(5-8)9-3/h6H,4-5H2,1-3H3. The van der Waals surface area contributed by atoms with Crippen LogP contribution in [0.25, 0.3) is 0 Å². The van der Waals surface area contributed by atoms with Gasteiger partial charge in [0, 0.05) is 34.3 Å². The molecule has 0 unspecified atom stereocenters. The Labute approximate surface area is 56.2 Å². The van der Waals surface area contributed by atoms with Gasteiger partial charge in [0.25, 0.3) is 0 Å². The van der Waals surface area contributed by atoms with Crippen LogP contribution in [0.3, 0.4) is 0 Å². The van der Waals surface area contributed by atoms with E-state index in [0.29, 0.717) is 6.10 Å². The molecule has 54 valence electrons. The van der Waals surface area contributed by atoms with E-state index >= 15 is 0 Å². The summed E-state index contributed by atoms with van der Waals surface area (Å²) in [5, 5.41) is 4.32. The van der Waals surface area contributed by atoms with Gasteiger partial charge in [0.15, 0.2) is 0 Å². The van der Waals surface area contributed by atoms with E-state index in [2.05, 4.69) is 10.0 Å². The number of hydrogen-bond acceptors (Lipinski definition) is 3. The number of nitrogens with zero attached hydrogens (tertiary/aromatic N) is 2. The SMILES string of the molecule is COC1CN(N(C)C)C1. The van der Waals surface area contributed by atoms with Crippen LogP contribution < -0.4 is 0 Å². The lowest BCUT2D eigenvalue weighted by molar-refractivity contribution is -0.124. The fraction of sp³-hybridized carbons (Fsp3) is 1.00. The molecule has 1 heterocycles. The molecule has 1 aliphatic heterocycles. The predicted octanol–water partition coefficient (Wildman–Crippen LogP) is -0.206. The van der Waals surface area contributed by atoms with Gasteiger partial charge in [-0.3, -0.25) is 0 Å². The quantitative estimate of drug-likeness (QED) is 0.514. The number of methoxy groups -OCH3 is 1. The third-order valence-electron chi connectivity index (χ3n) is 1.73. The second-order valence-electron chi connectivity index (χ2n) is 2.58. The molecule has 0 bridgehead atoms. The molecule has 0 amide bonds. The molecule has 0 atom stereocenters. The van der Waals surface area contributed by atoms with Crippen molar-refractivity contribution >= 4 is 0 Å². The molecule has 1 fully saturated rings. The fourth-order valence-electron chi connectivity index (χ4n) is 0.892. The van der Waals surface area contributed by atoms with Crippen molar-refractivity contribution in [3.63, 3.8) is 0 Å². The van der Waals surface area contributed by atoms with E-state index in [1.807, 2.05) is 14.1 Å². The lowest BCUT2D eigenvalue weighted by atomic mass is 10.2. The van der Waals surface area contributed by atoms with Crippen LogP contribution in [0.15, 0.2) is 0 Å². The van der Waals surface area contributed by atoms with Gasteiger partial charge in [-0.25, -0.2) is 10.0 Å². The van der Waals surface area contributed by atoms with Gasteiger partial charge in [-0.1, -0.05) is 0 Å². The van der Waals surface area contributed by atoms with Gasteiger partial charge >= 0.3 is 0 Å². The zero-order chi connectivity index (χ0) is 6.85. The first-order valence-electron chi connectivity index (χ1n) is 3.19. The Kier molecular flexibility index (Phi) is 2.05. The Bertz CT molecular complexity index is 89.1. The van der Waals surface area contributed by atoms with Crippen LogP contribution in [0.2, 0.25) is 0 Å². The first kappa shape index (κ1) is 6.99. The van der Waals surface area contributed by atoms with Crippen LogP contribution in [0.4, 0.5) is 0 Å². The fourth-order valence-corrected chi connectivity index (χ4v) is 0.892. The van der Waals surface area contributed by atoms with Crippen LogP contribution in [-0.4, -0.2) is 50.4 Å². The second kappa shape index (κ2) is 2.64. The number of hydrogen-bond donors (Lipinski definition) is 0.